The topological polar surface area (TPSA) is 26.3 Å². The third-order valence-electron chi connectivity index (χ3n) is 10.7. The summed E-state index contributed by atoms with van der Waals surface area (Å²) in [5.41, 5.74) is 2.50. The van der Waals surface area contributed by atoms with Crippen molar-refractivity contribution in [2.45, 2.75) is 111 Å². The molecule has 0 aromatic heterocycles. The van der Waals surface area contributed by atoms with Gasteiger partial charge in [-0.1, -0.05) is 81.5 Å². The minimum atomic E-state index is -0.110. The van der Waals surface area contributed by atoms with E-state index >= 15 is 0 Å². The molecule has 0 radical (unpaired) electrons. The van der Waals surface area contributed by atoms with Crippen molar-refractivity contribution in [3.63, 3.8) is 0 Å². The van der Waals surface area contributed by atoms with Gasteiger partial charge in [-0.15, -0.1) is 0 Å². The maximum Gasteiger partial charge on any atom is 0.316 e. The van der Waals surface area contributed by atoms with Crippen LogP contribution in [0.5, 0.6) is 0 Å². The molecule has 0 saturated heterocycles. The first-order valence-electron chi connectivity index (χ1n) is 13.6. The number of esters is 1. The van der Waals surface area contributed by atoms with E-state index in [-0.39, 0.29) is 12.1 Å². The summed E-state index contributed by atoms with van der Waals surface area (Å²) in [6.07, 6.45) is 17.1. The van der Waals surface area contributed by atoms with Crippen LogP contribution in [0.2, 0.25) is 0 Å². The Hall–Kier alpha value is -0.310. The van der Waals surface area contributed by atoms with Gasteiger partial charge in [-0.05, 0) is 91.3 Å². The molecule has 0 amide bonds. The smallest absolute Gasteiger partial charge is 0.316 e. The molecule has 4 aliphatic carbocycles. The van der Waals surface area contributed by atoms with Gasteiger partial charge in [0.25, 0.3) is 0 Å². The molecule has 4 aliphatic rings. The van der Waals surface area contributed by atoms with Crippen LogP contribution in [-0.2, 0) is 9.53 Å². The van der Waals surface area contributed by atoms with Gasteiger partial charge in [0.15, 0.2) is 0 Å². The number of halogens is 1. The molecule has 0 aromatic rings. The molecular formula is C29H47BrO2. The van der Waals surface area contributed by atoms with Crippen molar-refractivity contribution in [1.29, 1.82) is 0 Å². The molecule has 8 atom stereocenters. The highest BCUT2D eigenvalue weighted by atomic mass is 79.9. The molecule has 3 heteroatoms. The van der Waals surface area contributed by atoms with Crippen LogP contribution in [0.4, 0.5) is 0 Å². The van der Waals surface area contributed by atoms with E-state index in [1.54, 1.807) is 5.57 Å². The van der Waals surface area contributed by atoms with E-state index in [0.717, 1.165) is 48.3 Å². The van der Waals surface area contributed by atoms with Crippen LogP contribution in [0.3, 0.4) is 0 Å². The van der Waals surface area contributed by atoms with Gasteiger partial charge in [0.1, 0.15) is 11.4 Å². The summed E-state index contributed by atoms with van der Waals surface area (Å²) in [6.45, 7) is 12.5. The lowest BCUT2D eigenvalue weighted by Crippen LogP contribution is -2.51. The second-order valence-corrected chi connectivity index (χ2v) is 13.3. The Morgan fingerprint density at radius 2 is 1.88 bits per heavy atom. The minimum absolute atomic E-state index is 0.0901. The lowest BCUT2D eigenvalue weighted by atomic mass is 9.47. The van der Waals surface area contributed by atoms with Crippen LogP contribution in [0.1, 0.15) is 105 Å². The number of allylic oxidation sites excluding steroid dienone is 1. The van der Waals surface area contributed by atoms with E-state index in [4.69, 9.17) is 4.74 Å². The number of hydrogen-bond donors (Lipinski definition) is 0. The van der Waals surface area contributed by atoms with Gasteiger partial charge in [-0.3, -0.25) is 4.79 Å². The Bertz CT molecular complexity index is 714. The average Bonchev–Trinajstić information content (AvgIpc) is 3.11. The minimum Gasteiger partial charge on any atom is -0.461 e. The molecular weight excluding hydrogens is 460 g/mol. The second kappa shape index (κ2) is 9.74. The van der Waals surface area contributed by atoms with Crippen molar-refractivity contribution >= 4 is 21.9 Å². The van der Waals surface area contributed by atoms with E-state index in [1.807, 2.05) is 0 Å². The van der Waals surface area contributed by atoms with Crippen LogP contribution in [-0.4, -0.2) is 17.4 Å². The van der Waals surface area contributed by atoms with Gasteiger partial charge < -0.3 is 4.74 Å². The van der Waals surface area contributed by atoms with Crippen LogP contribution in [0, 0.1) is 46.3 Å². The van der Waals surface area contributed by atoms with Gasteiger partial charge in [-0.25, -0.2) is 0 Å². The first kappa shape index (κ1) is 24.8. The standard InChI is InChI=1S/C29H47BrO2/c1-19(2)7-6-8-20(3)24-11-12-25-23-10-9-21-17-22(32-27(31)18-30)13-15-28(21,4)26(23)14-16-29(24,25)5/h9,19-20,22-26H,6-8,10-18H2,1-5H3/t20-,22-,23-,24+,25-,26-,28-,29+/m0/s1. The molecule has 0 aromatic carbocycles. The van der Waals surface area contributed by atoms with E-state index in [2.05, 4.69) is 56.6 Å². The van der Waals surface area contributed by atoms with Crippen LogP contribution in [0.15, 0.2) is 11.6 Å². The van der Waals surface area contributed by atoms with Crippen LogP contribution >= 0.6 is 15.9 Å². The summed E-state index contributed by atoms with van der Waals surface area (Å²) in [6, 6.07) is 0. The maximum absolute atomic E-state index is 11.8. The average molecular weight is 508 g/mol. The van der Waals surface area contributed by atoms with E-state index in [9.17, 15) is 4.79 Å². The molecule has 3 saturated carbocycles. The predicted molar refractivity (Wildman–Crippen MR) is 137 cm³/mol. The summed E-state index contributed by atoms with van der Waals surface area (Å²) in [4.78, 5) is 11.8. The molecule has 0 unspecified atom stereocenters. The maximum atomic E-state index is 11.8. The van der Waals surface area contributed by atoms with E-state index in [0.29, 0.717) is 16.2 Å². The summed E-state index contributed by atoms with van der Waals surface area (Å²) in [5.74, 6) is 5.16. The number of fused-ring (bicyclic) bond motifs is 5. The van der Waals surface area contributed by atoms with Crippen LogP contribution < -0.4 is 0 Å². The fourth-order valence-corrected chi connectivity index (χ4v) is 9.10. The summed E-state index contributed by atoms with van der Waals surface area (Å²) >= 11 is 3.24. The number of hydrogen-bond acceptors (Lipinski definition) is 2. The highest BCUT2D eigenvalue weighted by Crippen LogP contribution is 2.67. The summed E-state index contributed by atoms with van der Waals surface area (Å²) in [5, 5.41) is 0.307. The number of carbonyl (C=O) groups is 1. The SMILES string of the molecule is CC(C)CCC[C@H](C)[C@H]1CC[C@H]2[C@@H]3CC=C4C[C@@H](OC(=O)CBr)CC[C@]4(C)[C@H]3CC[C@]12C. The fourth-order valence-electron chi connectivity index (χ4n) is 8.97. The Kier molecular flexibility index (Phi) is 7.55. The lowest BCUT2D eigenvalue weighted by molar-refractivity contribution is -0.148. The summed E-state index contributed by atoms with van der Waals surface area (Å²) in [7, 11) is 0. The summed E-state index contributed by atoms with van der Waals surface area (Å²) < 4.78 is 5.72. The zero-order chi connectivity index (χ0) is 23.1. The normalized spacial score (nSPS) is 42.0. The molecule has 0 aliphatic heterocycles. The third-order valence-corrected chi connectivity index (χ3v) is 11.1. The Morgan fingerprint density at radius 1 is 1.09 bits per heavy atom. The molecule has 0 bridgehead atoms. The molecule has 2 nitrogen and oxygen atoms in total. The lowest BCUT2D eigenvalue weighted by Gasteiger charge is -2.58. The molecule has 0 spiro atoms. The highest BCUT2D eigenvalue weighted by molar-refractivity contribution is 9.09. The quantitative estimate of drug-likeness (QED) is 0.197. The number of alkyl halides is 1. The predicted octanol–water partition coefficient (Wildman–Crippen LogP) is 8.33. The molecule has 0 heterocycles. The van der Waals surface area contributed by atoms with Crippen molar-refractivity contribution in [1.82, 2.24) is 0 Å². The fraction of sp³-hybridized carbons (Fsp3) is 0.897. The zero-order valence-corrected chi connectivity index (χ0v) is 22.9. The molecule has 4 rings (SSSR count). The monoisotopic (exact) mass is 506 g/mol. The third kappa shape index (κ3) is 4.50. The van der Waals surface area contributed by atoms with Gasteiger partial charge in [0, 0.05) is 6.42 Å². The van der Waals surface area contributed by atoms with Crippen molar-refractivity contribution in [2.75, 3.05) is 5.33 Å². The zero-order valence-electron chi connectivity index (χ0n) is 21.3. The van der Waals surface area contributed by atoms with Gasteiger partial charge >= 0.3 is 5.97 Å². The Morgan fingerprint density at radius 3 is 2.59 bits per heavy atom. The Balaban J connectivity index is 1.45. The van der Waals surface area contributed by atoms with Gasteiger partial charge in [-0.2, -0.15) is 0 Å². The second-order valence-electron chi connectivity index (χ2n) is 12.8. The highest BCUT2D eigenvalue weighted by Gasteiger charge is 2.59. The Labute approximate surface area is 205 Å². The van der Waals surface area contributed by atoms with E-state index in [1.165, 1.54) is 57.8 Å². The first-order chi connectivity index (χ1) is 15.2. The molecule has 3 fully saturated rings. The molecule has 0 N–H and O–H groups in total. The van der Waals surface area contributed by atoms with Gasteiger partial charge in [0.05, 0.1) is 0 Å². The van der Waals surface area contributed by atoms with Crippen LogP contribution in [0.25, 0.3) is 0 Å². The first-order valence-corrected chi connectivity index (χ1v) is 14.8. The van der Waals surface area contributed by atoms with Crippen molar-refractivity contribution < 1.29 is 9.53 Å². The van der Waals surface area contributed by atoms with E-state index < -0.39 is 0 Å². The van der Waals surface area contributed by atoms with Crippen molar-refractivity contribution in [3.05, 3.63) is 11.6 Å². The number of rotatable bonds is 7. The molecule has 182 valence electrons. The van der Waals surface area contributed by atoms with Crippen molar-refractivity contribution in [2.24, 2.45) is 46.3 Å². The number of ether oxygens (including phenoxy) is 1. The van der Waals surface area contributed by atoms with Crippen molar-refractivity contribution in [3.8, 4) is 0 Å². The largest absolute Gasteiger partial charge is 0.461 e. The molecule has 32 heavy (non-hydrogen) atoms. The number of carbonyl (C=O) groups excluding carboxylic acids is 1. The van der Waals surface area contributed by atoms with Gasteiger partial charge in [0.2, 0.25) is 0 Å².